The molecule has 0 spiro atoms. The van der Waals surface area contributed by atoms with Gasteiger partial charge in [-0.2, -0.15) is 0 Å². The van der Waals surface area contributed by atoms with Crippen LogP contribution in [0.15, 0.2) is 0 Å². The van der Waals surface area contributed by atoms with Crippen LogP contribution in [0.3, 0.4) is 0 Å². The first-order chi connectivity index (χ1) is 5.16. The standard InChI is InChI=1S/C9H20O2/c1-8(2)11-6-5-9(3)7-10-4/h8-9H,5-7H2,1-4H3/t9-/m1/s1. The van der Waals surface area contributed by atoms with Crippen molar-refractivity contribution in [3.8, 4) is 0 Å². The van der Waals surface area contributed by atoms with E-state index in [9.17, 15) is 0 Å². The summed E-state index contributed by atoms with van der Waals surface area (Å²) in [6.07, 6.45) is 1.44. The third-order valence-electron chi connectivity index (χ3n) is 1.51. The minimum absolute atomic E-state index is 0.352. The first-order valence-corrected chi connectivity index (χ1v) is 4.27. The Labute approximate surface area is 69.9 Å². The second kappa shape index (κ2) is 6.62. The lowest BCUT2D eigenvalue weighted by molar-refractivity contribution is 0.0587. The maximum Gasteiger partial charge on any atom is 0.0518 e. The molecule has 0 radical (unpaired) electrons. The van der Waals surface area contributed by atoms with E-state index in [4.69, 9.17) is 9.47 Å². The van der Waals surface area contributed by atoms with Crippen molar-refractivity contribution < 1.29 is 9.47 Å². The third kappa shape index (κ3) is 7.82. The molecule has 11 heavy (non-hydrogen) atoms. The highest BCUT2D eigenvalue weighted by molar-refractivity contribution is 4.50. The summed E-state index contributed by atoms with van der Waals surface area (Å²) >= 11 is 0. The molecule has 0 N–H and O–H groups in total. The van der Waals surface area contributed by atoms with Crippen LogP contribution in [0.5, 0.6) is 0 Å². The fourth-order valence-electron chi connectivity index (χ4n) is 0.873. The van der Waals surface area contributed by atoms with Crippen LogP contribution >= 0.6 is 0 Å². The summed E-state index contributed by atoms with van der Waals surface area (Å²) in [6.45, 7) is 7.97. The molecule has 0 aromatic carbocycles. The van der Waals surface area contributed by atoms with Crippen LogP contribution in [0.2, 0.25) is 0 Å². The number of hydrogen-bond donors (Lipinski definition) is 0. The molecule has 0 aliphatic carbocycles. The molecule has 0 aliphatic heterocycles. The van der Waals surface area contributed by atoms with E-state index in [0.29, 0.717) is 12.0 Å². The van der Waals surface area contributed by atoms with Gasteiger partial charge in [-0.15, -0.1) is 0 Å². The second-order valence-electron chi connectivity index (χ2n) is 3.27. The van der Waals surface area contributed by atoms with E-state index < -0.39 is 0 Å². The topological polar surface area (TPSA) is 18.5 Å². The minimum atomic E-state index is 0.352. The molecule has 2 nitrogen and oxygen atoms in total. The summed E-state index contributed by atoms with van der Waals surface area (Å²) in [4.78, 5) is 0. The van der Waals surface area contributed by atoms with Crippen molar-refractivity contribution in [2.45, 2.75) is 33.3 Å². The van der Waals surface area contributed by atoms with Crippen molar-refractivity contribution in [2.75, 3.05) is 20.3 Å². The number of hydrogen-bond acceptors (Lipinski definition) is 2. The molecule has 0 saturated carbocycles. The van der Waals surface area contributed by atoms with Gasteiger partial charge in [-0.3, -0.25) is 0 Å². The third-order valence-corrected chi connectivity index (χ3v) is 1.51. The van der Waals surface area contributed by atoms with E-state index in [0.717, 1.165) is 19.6 Å². The Kier molecular flexibility index (Phi) is 6.57. The monoisotopic (exact) mass is 160 g/mol. The highest BCUT2D eigenvalue weighted by atomic mass is 16.5. The van der Waals surface area contributed by atoms with E-state index in [1.807, 2.05) is 0 Å². The maximum absolute atomic E-state index is 5.40. The number of rotatable bonds is 6. The summed E-state index contributed by atoms with van der Waals surface area (Å²) in [5.74, 6) is 0.610. The SMILES string of the molecule is COC[C@H](C)CCOC(C)C. The van der Waals surface area contributed by atoms with Crippen LogP contribution in [0.25, 0.3) is 0 Å². The quantitative estimate of drug-likeness (QED) is 0.592. The normalized spacial score (nSPS) is 13.9. The van der Waals surface area contributed by atoms with E-state index in [1.165, 1.54) is 0 Å². The molecule has 0 aliphatic rings. The highest BCUT2D eigenvalue weighted by Crippen LogP contribution is 2.02. The van der Waals surface area contributed by atoms with Crippen LogP contribution < -0.4 is 0 Å². The predicted molar refractivity (Wildman–Crippen MR) is 46.7 cm³/mol. The second-order valence-corrected chi connectivity index (χ2v) is 3.27. The Morgan fingerprint density at radius 3 is 2.27 bits per heavy atom. The first-order valence-electron chi connectivity index (χ1n) is 4.27. The predicted octanol–water partition coefficient (Wildman–Crippen LogP) is 2.08. The molecule has 0 saturated heterocycles. The fourth-order valence-corrected chi connectivity index (χ4v) is 0.873. The van der Waals surface area contributed by atoms with Gasteiger partial charge in [0, 0.05) is 20.3 Å². The molecular formula is C9H20O2. The fraction of sp³-hybridized carbons (Fsp3) is 1.00. The molecule has 0 heterocycles. The Balaban J connectivity index is 3.10. The molecule has 68 valence electrons. The van der Waals surface area contributed by atoms with E-state index in [-0.39, 0.29) is 0 Å². The average Bonchev–Trinajstić information content (AvgIpc) is 1.87. The van der Waals surface area contributed by atoms with Crippen LogP contribution in [-0.2, 0) is 9.47 Å². The van der Waals surface area contributed by atoms with Crippen LogP contribution in [0.4, 0.5) is 0 Å². The van der Waals surface area contributed by atoms with E-state index >= 15 is 0 Å². The first kappa shape index (κ1) is 10.9. The molecule has 0 amide bonds. The van der Waals surface area contributed by atoms with Crippen molar-refractivity contribution in [2.24, 2.45) is 5.92 Å². The molecule has 0 rings (SSSR count). The Hall–Kier alpha value is -0.0800. The maximum atomic E-state index is 5.40. The van der Waals surface area contributed by atoms with Crippen LogP contribution in [-0.4, -0.2) is 26.4 Å². The zero-order chi connectivity index (χ0) is 8.69. The molecule has 0 fully saturated rings. The Bertz CT molecular complexity index is 81.6. The van der Waals surface area contributed by atoms with Gasteiger partial charge in [0.2, 0.25) is 0 Å². The lowest BCUT2D eigenvalue weighted by Gasteiger charge is -2.11. The molecule has 1 atom stereocenters. The Morgan fingerprint density at radius 1 is 1.18 bits per heavy atom. The van der Waals surface area contributed by atoms with Crippen LogP contribution in [0, 0.1) is 5.92 Å². The van der Waals surface area contributed by atoms with Crippen molar-refractivity contribution in [3.63, 3.8) is 0 Å². The van der Waals surface area contributed by atoms with E-state index in [2.05, 4.69) is 20.8 Å². The van der Waals surface area contributed by atoms with Gasteiger partial charge in [0.05, 0.1) is 6.10 Å². The zero-order valence-electron chi connectivity index (χ0n) is 8.09. The molecule has 2 heteroatoms. The summed E-state index contributed by atoms with van der Waals surface area (Å²) in [6, 6.07) is 0. The van der Waals surface area contributed by atoms with Crippen LogP contribution in [0.1, 0.15) is 27.2 Å². The van der Waals surface area contributed by atoms with Crippen molar-refractivity contribution in [1.82, 2.24) is 0 Å². The van der Waals surface area contributed by atoms with E-state index in [1.54, 1.807) is 7.11 Å². The van der Waals surface area contributed by atoms with Gasteiger partial charge in [0.15, 0.2) is 0 Å². The van der Waals surface area contributed by atoms with Gasteiger partial charge in [0.1, 0.15) is 0 Å². The zero-order valence-corrected chi connectivity index (χ0v) is 8.09. The van der Waals surface area contributed by atoms with Crippen molar-refractivity contribution in [1.29, 1.82) is 0 Å². The van der Waals surface area contributed by atoms with Gasteiger partial charge >= 0.3 is 0 Å². The summed E-state index contributed by atoms with van der Waals surface area (Å²) in [5.41, 5.74) is 0. The summed E-state index contributed by atoms with van der Waals surface area (Å²) in [5, 5.41) is 0. The minimum Gasteiger partial charge on any atom is -0.384 e. The lowest BCUT2D eigenvalue weighted by Crippen LogP contribution is -2.10. The van der Waals surface area contributed by atoms with Gasteiger partial charge in [-0.05, 0) is 26.2 Å². The summed E-state index contributed by atoms with van der Waals surface area (Å²) < 4.78 is 10.4. The lowest BCUT2D eigenvalue weighted by atomic mass is 10.1. The number of methoxy groups -OCH3 is 1. The average molecular weight is 160 g/mol. The molecule has 0 aromatic heterocycles. The molecule has 0 bridgehead atoms. The van der Waals surface area contributed by atoms with Crippen molar-refractivity contribution >= 4 is 0 Å². The Morgan fingerprint density at radius 2 is 1.82 bits per heavy atom. The number of ether oxygens (including phenoxy) is 2. The molecular weight excluding hydrogens is 140 g/mol. The largest absolute Gasteiger partial charge is 0.384 e. The van der Waals surface area contributed by atoms with Crippen molar-refractivity contribution in [3.05, 3.63) is 0 Å². The summed E-state index contributed by atoms with van der Waals surface area (Å²) in [7, 11) is 1.74. The van der Waals surface area contributed by atoms with Gasteiger partial charge < -0.3 is 9.47 Å². The van der Waals surface area contributed by atoms with Gasteiger partial charge in [-0.1, -0.05) is 6.92 Å². The van der Waals surface area contributed by atoms with Gasteiger partial charge in [0.25, 0.3) is 0 Å². The smallest absolute Gasteiger partial charge is 0.0518 e. The van der Waals surface area contributed by atoms with Gasteiger partial charge in [-0.25, -0.2) is 0 Å². The molecule has 0 unspecified atom stereocenters. The highest BCUT2D eigenvalue weighted by Gasteiger charge is 2.01. The molecule has 0 aromatic rings.